The molecule has 1 saturated heterocycles. The third-order valence-electron chi connectivity index (χ3n) is 4.53. The normalized spacial score (nSPS) is 14.4. The maximum atomic E-state index is 12.3. The SMILES string of the molecule is CC(Oc1ccccc1[N+](=O)[O-])C(=O)Nc1ccc(C(=O)N2CCCC2)cc1. The summed E-state index contributed by atoms with van der Waals surface area (Å²) < 4.78 is 5.46. The van der Waals surface area contributed by atoms with E-state index < -0.39 is 16.9 Å². The topological polar surface area (TPSA) is 102 Å². The molecule has 1 unspecified atom stereocenters. The number of nitro benzene ring substituents is 1. The van der Waals surface area contributed by atoms with Crippen molar-refractivity contribution in [3.8, 4) is 5.75 Å². The summed E-state index contributed by atoms with van der Waals surface area (Å²) in [5, 5.41) is 13.7. The molecular formula is C20H21N3O5. The lowest BCUT2D eigenvalue weighted by Crippen LogP contribution is -2.30. The van der Waals surface area contributed by atoms with Gasteiger partial charge in [0.1, 0.15) is 0 Å². The van der Waals surface area contributed by atoms with Crippen molar-refractivity contribution in [1.29, 1.82) is 0 Å². The first-order valence-electron chi connectivity index (χ1n) is 9.06. The number of likely N-dealkylation sites (tertiary alicyclic amines) is 1. The van der Waals surface area contributed by atoms with Crippen molar-refractivity contribution in [3.05, 3.63) is 64.2 Å². The zero-order chi connectivity index (χ0) is 20.1. The molecule has 0 aliphatic carbocycles. The Hall–Kier alpha value is -3.42. The number of nitrogens with zero attached hydrogens (tertiary/aromatic N) is 2. The van der Waals surface area contributed by atoms with Gasteiger partial charge >= 0.3 is 5.69 Å². The molecule has 0 bridgehead atoms. The van der Waals surface area contributed by atoms with E-state index in [1.54, 1.807) is 30.3 Å². The van der Waals surface area contributed by atoms with Gasteiger partial charge in [0.25, 0.3) is 11.8 Å². The molecule has 1 atom stereocenters. The van der Waals surface area contributed by atoms with Gasteiger partial charge in [-0.15, -0.1) is 0 Å². The minimum absolute atomic E-state index is 0.0107. The summed E-state index contributed by atoms with van der Waals surface area (Å²) in [5.74, 6) is -0.429. The first-order chi connectivity index (χ1) is 13.5. The number of benzene rings is 2. The minimum atomic E-state index is -0.938. The molecule has 0 aromatic heterocycles. The maximum absolute atomic E-state index is 12.3. The average Bonchev–Trinajstić information content (AvgIpc) is 3.23. The lowest BCUT2D eigenvalue weighted by molar-refractivity contribution is -0.386. The molecule has 3 rings (SSSR count). The van der Waals surface area contributed by atoms with Gasteiger partial charge in [0.15, 0.2) is 11.9 Å². The molecule has 28 heavy (non-hydrogen) atoms. The second-order valence-corrected chi connectivity index (χ2v) is 6.55. The number of carbonyl (C=O) groups excluding carboxylic acids is 2. The maximum Gasteiger partial charge on any atom is 0.310 e. The highest BCUT2D eigenvalue weighted by atomic mass is 16.6. The van der Waals surface area contributed by atoms with Crippen LogP contribution < -0.4 is 10.1 Å². The molecular weight excluding hydrogens is 362 g/mol. The van der Waals surface area contributed by atoms with Gasteiger partial charge in [-0.3, -0.25) is 19.7 Å². The second-order valence-electron chi connectivity index (χ2n) is 6.55. The fourth-order valence-corrected chi connectivity index (χ4v) is 2.99. The van der Waals surface area contributed by atoms with Crippen molar-refractivity contribution >= 4 is 23.2 Å². The van der Waals surface area contributed by atoms with Gasteiger partial charge < -0.3 is 15.0 Å². The Labute approximate surface area is 162 Å². The van der Waals surface area contributed by atoms with E-state index in [2.05, 4.69) is 5.32 Å². The molecule has 2 aromatic rings. The lowest BCUT2D eigenvalue weighted by atomic mass is 10.2. The summed E-state index contributed by atoms with van der Waals surface area (Å²) in [5.41, 5.74) is 0.886. The summed E-state index contributed by atoms with van der Waals surface area (Å²) in [6, 6.07) is 12.5. The van der Waals surface area contributed by atoms with Crippen LogP contribution in [0.5, 0.6) is 5.75 Å². The van der Waals surface area contributed by atoms with E-state index in [-0.39, 0.29) is 17.3 Å². The third kappa shape index (κ3) is 4.46. The van der Waals surface area contributed by atoms with Crippen molar-refractivity contribution in [2.75, 3.05) is 18.4 Å². The van der Waals surface area contributed by atoms with E-state index in [0.29, 0.717) is 11.3 Å². The number of anilines is 1. The second kappa shape index (κ2) is 8.51. The average molecular weight is 383 g/mol. The van der Waals surface area contributed by atoms with E-state index >= 15 is 0 Å². The number of hydrogen-bond donors (Lipinski definition) is 1. The number of nitro groups is 1. The number of rotatable bonds is 6. The largest absolute Gasteiger partial charge is 0.474 e. The number of nitrogens with one attached hydrogen (secondary N) is 1. The Balaban J connectivity index is 1.61. The molecule has 8 heteroatoms. The van der Waals surface area contributed by atoms with E-state index in [1.165, 1.54) is 25.1 Å². The van der Waals surface area contributed by atoms with Crippen LogP contribution in [0.3, 0.4) is 0 Å². The highest BCUT2D eigenvalue weighted by Crippen LogP contribution is 2.27. The molecule has 1 heterocycles. The van der Waals surface area contributed by atoms with Crippen LogP contribution in [0.1, 0.15) is 30.1 Å². The van der Waals surface area contributed by atoms with Gasteiger partial charge in [-0.1, -0.05) is 12.1 Å². The Morgan fingerprint density at radius 3 is 2.39 bits per heavy atom. The van der Waals surface area contributed by atoms with Crippen LogP contribution in [0.2, 0.25) is 0 Å². The zero-order valence-electron chi connectivity index (χ0n) is 15.5. The van der Waals surface area contributed by atoms with Crippen LogP contribution in [0.25, 0.3) is 0 Å². The third-order valence-corrected chi connectivity index (χ3v) is 4.53. The molecule has 2 aromatic carbocycles. The number of hydrogen-bond acceptors (Lipinski definition) is 5. The first-order valence-corrected chi connectivity index (χ1v) is 9.06. The lowest BCUT2D eigenvalue weighted by Gasteiger charge is -2.16. The van der Waals surface area contributed by atoms with Gasteiger partial charge in [0.2, 0.25) is 0 Å². The Morgan fingerprint density at radius 1 is 1.11 bits per heavy atom. The molecule has 1 fully saturated rings. The van der Waals surface area contributed by atoms with E-state index in [0.717, 1.165) is 25.9 Å². The number of ether oxygens (including phenoxy) is 1. The number of amides is 2. The van der Waals surface area contributed by atoms with Gasteiger partial charge in [0, 0.05) is 30.4 Å². The predicted octanol–water partition coefficient (Wildman–Crippen LogP) is 3.24. The molecule has 1 aliphatic rings. The number of para-hydroxylation sites is 2. The monoisotopic (exact) mass is 383 g/mol. The summed E-state index contributed by atoms with van der Waals surface area (Å²) in [6.07, 6.45) is 1.11. The van der Waals surface area contributed by atoms with Crippen molar-refractivity contribution in [1.82, 2.24) is 4.90 Å². The van der Waals surface area contributed by atoms with Gasteiger partial charge in [-0.05, 0) is 50.1 Å². The zero-order valence-corrected chi connectivity index (χ0v) is 15.5. The van der Waals surface area contributed by atoms with Crippen LogP contribution >= 0.6 is 0 Å². The molecule has 146 valence electrons. The van der Waals surface area contributed by atoms with Crippen molar-refractivity contribution in [2.24, 2.45) is 0 Å². The molecule has 0 saturated carbocycles. The molecule has 0 spiro atoms. The Morgan fingerprint density at radius 2 is 1.75 bits per heavy atom. The fraction of sp³-hybridized carbons (Fsp3) is 0.300. The van der Waals surface area contributed by atoms with Crippen LogP contribution in [-0.4, -0.2) is 40.8 Å². The van der Waals surface area contributed by atoms with Crippen molar-refractivity contribution < 1.29 is 19.2 Å². The van der Waals surface area contributed by atoms with E-state index in [9.17, 15) is 19.7 Å². The fourth-order valence-electron chi connectivity index (χ4n) is 2.99. The summed E-state index contributed by atoms with van der Waals surface area (Å²) in [4.78, 5) is 37.0. The summed E-state index contributed by atoms with van der Waals surface area (Å²) in [7, 11) is 0. The standard InChI is InChI=1S/C20H21N3O5/c1-14(28-18-7-3-2-6-17(18)23(26)27)19(24)21-16-10-8-15(9-11-16)20(25)22-12-4-5-13-22/h2-3,6-11,14H,4-5,12-13H2,1H3,(H,21,24). The highest BCUT2D eigenvalue weighted by Gasteiger charge is 2.22. The van der Waals surface area contributed by atoms with Gasteiger partial charge in [0.05, 0.1) is 4.92 Å². The molecule has 1 N–H and O–H groups in total. The Bertz CT molecular complexity index is 876. The highest BCUT2D eigenvalue weighted by molar-refractivity contribution is 5.97. The van der Waals surface area contributed by atoms with Crippen LogP contribution in [-0.2, 0) is 4.79 Å². The van der Waals surface area contributed by atoms with E-state index in [1.807, 2.05) is 4.90 Å². The van der Waals surface area contributed by atoms with Crippen LogP contribution in [0.15, 0.2) is 48.5 Å². The number of carbonyl (C=O) groups is 2. The smallest absolute Gasteiger partial charge is 0.310 e. The van der Waals surface area contributed by atoms with Crippen molar-refractivity contribution in [2.45, 2.75) is 25.9 Å². The molecule has 8 nitrogen and oxygen atoms in total. The summed E-state index contributed by atoms with van der Waals surface area (Å²) in [6.45, 7) is 3.06. The molecule has 0 radical (unpaired) electrons. The first kappa shape index (κ1) is 19.3. The van der Waals surface area contributed by atoms with Crippen LogP contribution in [0.4, 0.5) is 11.4 Å². The van der Waals surface area contributed by atoms with E-state index in [4.69, 9.17) is 4.74 Å². The van der Waals surface area contributed by atoms with Crippen molar-refractivity contribution in [3.63, 3.8) is 0 Å². The van der Waals surface area contributed by atoms with Gasteiger partial charge in [-0.25, -0.2) is 0 Å². The summed E-state index contributed by atoms with van der Waals surface area (Å²) >= 11 is 0. The van der Waals surface area contributed by atoms with Gasteiger partial charge in [-0.2, -0.15) is 0 Å². The Kier molecular flexibility index (Phi) is 5.88. The minimum Gasteiger partial charge on any atom is -0.474 e. The molecule has 2 amide bonds. The molecule has 1 aliphatic heterocycles. The van der Waals surface area contributed by atoms with Crippen LogP contribution in [0, 0.1) is 10.1 Å². The quantitative estimate of drug-likeness (QED) is 0.609. The predicted molar refractivity (Wildman–Crippen MR) is 103 cm³/mol.